The van der Waals surface area contributed by atoms with E-state index in [0.29, 0.717) is 23.7 Å². The van der Waals surface area contributed by atoms with Gasteiger partial charge >= 0.3 is 0 Å². The number of carbonyl (C=O) groups is 1. The molecule has 1 aliphatic carbocycles. The fourth-order valence-electron chi connectivity index (χ4n) is 3.03. The summed E-state index contributed by atoms with van der Waals surface area (Å²) in [6, 6.07) is 3.30. The van der Waals surface area contributed by atoms with Crippen molar-refractivity contribution in [2.45, 2.75) is 42.9 Å². The third-order valence-electron chi connectivity index (χ3n) is 4.88. The van der Waals surface area contributed by atoms with Gasteiger partial charge in [-0.05, 0) is 56.9 Å². The molecule has 0 unspecified atom stereocenters. The van der Waals surface area contributed by atoms with Crippen molar-refractivity contribution in [1.82, 2.24) is 9.88 Å². The maximum absolute atomic E-state index is 12.5. The maximum Gasteiger partial charge on any atom is 0.250 e. The first-order valence-electron chi connectivity index (χ1n) is 9.59. The van der Waals surface area contributed by atoms with Crippen LogP contribution in [0.1, 0.15) is 42.0 Å². The lowest BCUT2D eigenvalue weighted by Crippen LogP contribution is -2.31. The summed E-state index contributed by atoms with van der Waals surface area (Å²) in [4.78, 5) is 12.8. The molecule has 1 saturated carbocycles. The van der Waals surface area contributed by atoms with E-state index in [0.717, 1.165) is 41.9 Å². The van der Waals surface area contributed by atoms with Gasteiger partial charge in [-0.1, -0.05) is 5.16 Å². The molecule has 4 rings (SSSR count). The Kier molecular flexibility index (Phi) is 5.86. The molecule has 2 fully saturated rings. The second kappa shape index (κ2) is 8.39. The van der Waals surface area contributed by atoms with Crippen LogP contribution in [0.4, 0.5) is 5.69 Å². The summed E-state index contributed by atoms with van der Waals surface area (Å²) in [5.41, 5.74) is 1.16. The lowest BCUT2D eigenvalue weighted by molar-refractivity contribution is -0.117. The molecule has 2 aromatic heterocycles. The fraction of sp³-hybridized carbons (Fsp3) is 0.474. The highest BCUT2D eigenvalue weighted by Gasteiger charge is 2.31. The van der Waals surface area contributed by atoms with Crippen LogP contribution in [0.5, 0.6) is 0 Å². The van der Waals surface area contributed by atoms with Crippen LogP contribution in [0.15, 0.2) is 20.9 Å². The summed E-state index contributed by atoms with van der Waals surface area (Å²) in [6.45, 7) is 2.73. The van der Waals surface area contributed by atoms with Crippen LogP contribution in [-0.2, 0) is 19.6 Å². The molecule has 1 atom stereocenters. The number of carbonyl (C=O) groups excluding carboxylic acids is 1. The Hall–Kier alpha value is -2.01. The van der Waals surface area contributed by atoms with Crippen LogP contribution in [0.2, 0.25) is 0 Å². The lowest BCUT2D eigenvalue weighted by Gasteiger charge is -2.10. The fourth-order valence-corrected chi connectivity index (χ4v) is 5.37. The Morgan fingerprint density at radius 3 is 2.86 bits per heavy atom. The Bertz CT molecular complexity index is 1010. The van der Waals surface area contributed by atoms with Gasteiger partial charge in [0.1, 0.15) is 15.6 Å². The molecule has 1 amide bonds. The third kappa shape index (κ3) is 4.95. The van der Waals surface area contributed by atoms with Gasteiger partial charge in [0.2, 0.25) is 15.9 Å². The Morgan fingerprint density at radius 1 is 1.31 bits per heavy atom. The minimum Gasteiger partial charge on any atom is -0.377 e. The topological polar surface area (TPSA) is 111 Å². The molecule has 0 radical (unpaired) electrons. The predicted octanol–water partition coefficient (Wildman–Crippen LogP) is 3.02. The zero-order chi connectivity index (χ0) is 20.4. The number of hydrogen-bond donors (Lipinski definition) is 2. The summed E-state index contributed by atoms with van der Waals surface area (Å²) in [5.74, 6) is 0.493. The number of ether oxygens (including phenoxy) is 1. The van der Waals surface area contributed by atoms with Crippen molar-refractivity contribution in [2.24, 2.45) is 5.92 Å². The summed E-state index contributed by atoms with van der Waals surface area (Å²) < 4.78 is 38.5. The van der Waals surface area contributed by atoms with E-state index in [-0.39, 0.29) is 28.7 Å². The number of hydrogen-bond acceptors (Lipinski definition) is 7. The normalized spacial score (nSPS) is 19.8. The molecule has 0 aromatic carbocycles. The van der Waals surface area contributed by atoms with E-state index in [9.17, 15) is 13.2 Å². The first-order chi connectivity index (χ1) is 13.9. The second-order valence-corrected chi connectivity index (χ2v) is 10.4. The van der Waals surface area contributed by atoms with Crippen molar-refractivity contribution >= 4 is 45.1 Å². The van der Waals surface area contributed by atoms with Crippen molar-refractivity contribution in [3.8, 4) is 0 Å². The number of anilines is 1. The van der Waals surface area contributed by atoms with Gasteiger partial charge in [-0.25, -0.2) is 13.1 Å². The molecular formula is C19H23N3O5S2. The number of aryl methyl sites for hydroxylation is 1. The molecule has 1 aliphatic heterocycles. The van der Waals surface area contributed by atoms with Crippen LogP contribution in [0, 0.1) is 12.8 Å². The molecule has 8 nitrogen and oxygen atoms in total. The number of aromatic nitrogens is 1. The van der Waals surface area contributed by atoms with E-state index in [1.54, 1.807) is 31.2 Å². The number of rotatable bonds is 8. The van der Waals surface area contributed by atoms with Crippen molar-refractivity contribution in [1.29, 1.82) is 0 Å². The third-order valence-corrected chi connectivity index (χ3v) is 7.84. The average Bonchev–Trinajstić information content (AvgIpc) is 3.07. The molecule has 10 heteroatoms. The zero-order valence-corrected chi connectivity index (χ0v) is 17.6. The highest BCUT2D eigenvalue weighted by atomic mass is 32.2. The highest BCUT2D eigenvalue weighted by molar-refractivity contribution is 7.91. The van der Waals surface area contributed by atoms with E-state index >= 15 is 0 Å². The largest absolute Gasteiger partial charge is 0.377 e. The van der Waals surface area contributed by atoms with Crippen molar-refractivity contribution < 1.29 is 22.5 Å². The second-order valence-electron chi connectivity index (χ2n) is 7.25. The van der Waals surface area contributed by atoms with Gasteiger partial charge in [-0.2, -0.15) is 0 Å². The SMILES string of the molecule is Cc1noc(/C=C/c2ccc(S(=O)(=O)NC[C@@H]3CCCO3)s2)c1NC(=O)C1CC1. The maximum atomic E-state index is 12.5. The van der Waals surface area contributed by atoms with Crippen LogP contribution >= 0.6 is 11.3 Å². The van der Waals surface area contributed by atoms with Crippen LogP contribution in [-0.4, -0.2) is 38.7 Å². The summed E-state index contributed by atoms with van der Waals surface area (Å²) in [6.07, 6.45) is 7.04. The number of amides is 1. The van der Waals surface area contributed by atoms with Crippen molar-refractivity contribution in [3.63, 3.8) is 0 Å². The molecule has 3 heterocycles. The molecule has 2 N–H and O–H groups in total. The standard InChI is InChI=1S/C19H23N3O5S2/c1-12-18(21-19(23)13-4-5-13)16(27-22-12)8-6-15-7-9-17(28-15)29(24,25)20-11-14-3-2-10-26-14/h6-9,13-14,20H,2-5,10-11H2,1H3,(H,21,23)/b8-6+/t14-/m0/s1. The Morgan fingerprint density at radius 2 is 2.14 bits per heavy atom. The number of nitrogens with one attached hydrogen (secondary N) is 2. The minimum atomic E-state index is -3.57. The van der Waals surface area contributed by atoms with E-state index in [2.05, 4.69) is 15.2 Å². The number of sulfonamides is 1. The number of nitrogens with zero attached hydrogens (tertiary/aromatic N) is 1. The van der Waals surface area contributed by atoms with Crippen molar-refractivity contribution in [3.05, 3.63) is 28.5 Å². The molecule has 2 aliphatic rings. The first-order valence-corrected chi connectivity index (χ1v) is 11.9. The first kappa shape index (κ1) is 20.3. The molecule has 156 valence electrons. The predicted molar refractivity (Wildman–Crippen MR) is 110 cm³/mol. The minimum absolute atomic E-state index is 0.0206. The Labute approximate surface area is 173 Å². The zero-order valence-electron chi connectivity index (χ0n) is 16.0. The summed E-state index contributed by atoms with van der Waals surface area (Å²) in [7, 11) is -3.57. The van der Waals surface area contributed by atoms with Gasteiger partial charge in [0.25, 0.3) is 0 Å². The molecule has 2 aromatic rings. The number of thiophene rings is 1. The summed E-state index contributed by atoms with van der Waals surface area (Å²) >= 11 is 1.16. The van der Waals surface area contributed by atoms with Gasteiger partial charge in [-0.15, -0.1) is 11.3 Å². The smallest absolute Gasteiger partial charge is 0.250 e. The van der Waals surface area contributed by atoms with Crippen LogP contribution in [0.3, 0.4) is 0 Å². The van der Waals surface area contributed by atoms with E-state index in [1.807, 2.05) is 0 Å². The quantitative estimate of drug-likeness (QED) is 0.657. The van der Waals surface area contributed by atoms with Crippen LogP contribution in [0.25, 0.3) is 12.2 Å². The van der Waals surface area contributed by atoms with Gasteiger partial charge in [0.15, 0.2) is 5.76 Å². The van der Waals surface area contributed by atoms with Gasteiger partial charge in [0, 0.05) is 23.9 Å². The van der Waals surface area contributed by atoms with E-state index in [4.69, 9.17) is 9.26 Å². The van der Waals surface area contributed by atoms with E-state index in [1.165, 1.54) is 0 Å². The summed E-state index contributed by atoms with van der Waals surface area (Å²) in [5, 5.41) is 6.78. The van der Waals surface area contributed by atoms with E-state index < -0.39 is 10.0 Å². The van der Waals surface area contributed by atoms with Crippen molar-refractivity contribution in [2.75, 3.05) is 18.5 Å². The Balaban J connectivity index is 1.42. The highest BCUT2D eigenvalue weighted by Crippen LogP contribution is 2.32. The monoisotopic (exact) mass is 437 g/mol. The van der Waals surface area contributed by atoms with Crippen LogP contribution < -0.4 is 10.0 Å². The average molecular weight is 438 g/mol. The van der Waals surface area contributed by atoms with Gasteiger partial charge in [0.05, 0.1) is 6.10 Å². The molecule has 29 heavy (non-hydrogen) atoms. The lowest BCUT2D eigenvalue weighted by atomic mass is 10.2. The molecule has 1 saturated heterocycles. The molecule has 0 bridgehead atoms. The van der Waals surface area contributed by atoms with Gasteiger partial charge < -0.3 is 14.6 Å². The van der Waals surface area contributed by atoms with Gasteiger partial charge in [-0.3, -0.25) is 4.79 Å². The molecular weight excluding hydrogens is 414 g/mol. The molecule has 0 spiro atoms.